The number of anilines is 1. The summed E-state index contributed by atoms with van der Waals surface area (Å²) < 4.78 is 0.819. The molecule has 0 spiro atoms. The molecule has 26 heavy (non-hydrogen) atoms. The molecule has 1 saturated carbocycles. The van der Waals surface area contributed by atoms with E-state index >= 15 is 0 Å². The Kier molecular flexibility index (Phi) is 6.91. The van der Waals surface area contributed by atoms with E-state index in [-0.39, 0.29) is 11.2 Å². The molecule has 0 aliphatic heterocycles. The zero-order valence-electron chi connectivity index (χ0n) is 15.3. The Hall–Kier alpha value is -1.60. The van der Waals surface area contributed by atoms with Crippen LogP contribution in [-0.2, 0) is 11.3 Å². The summed E-state index contributed by atoms with van der Waals surface area (Å²) in [6, 6.07) is 10.5. The van der Waals surface area contributed by atoms with Gasteiger partial charge in [0.2, 0.25) is 11.0 Å². The molecule has 140 valence electrons. The van der Waals surface area contributed by atoms with Crippen LogP contribution in [0.25, 0.3) is 0 Å². The van der Waals surface area contributed by atoms with Gasteiger partial charge in [-0.3, -0.25) is 4.79 Å². The van der Waals surface area contributed by atoms with Crippen LogP contribution in [-0.4, -0.2) is 27.4 Å². The Morgan fingerprint density at radius 1 is 1.27 bits per heavy atom. The second-order valence-electron chi connectivity index (χ2n) is 6.85. The minimum atomic E-state index is -0.168. The maximum Gasteiger partial charge on any atom is 0.233 e. The molecule has 1 aliphatic rings. The summed E-state index contributed by atoms with van der Waals surface area (Å²) in [6.07, 6.45) is 4.79. The van der Waals surface area contributed by atoms with Gasteiger partial charge >= 0.3 is 0 Å². The zero-order valence-corrected chi connectivity index (χ0v) is 16.9. The van der Waals surface area contributed by atoms with Gasteiger partial charge in [0.05, 0.1) is 5.25 Å². The molecule has 3 atom stereocenters. The van der Waals surface area contributed by atoms with Gasteiger partial charge in [-0.2, -0.15) is 0 Å². The minimum absolute atomic E-state index is 0.0998. The van der Waals surface area contributed by atoms with E-state index in [1.165, 1.54) is 47.9 Å². The highest BCUT2D eigenvalue weighted by atomic mass is 32.2. The lowest BCUT2D eigenvalue weighted by molar-refractivity contribution is -0.121. The van der Waals surface area contributed by atoms with Crippen molar-refractivity contribution in [3.8, 4) is 0 Å². The summed E-state index contributed by atoms with van der Waals surface area (Å²) in [5, 5.41) is 15.5. The van der Waals surface area contributed by atoms with Crippen molar-refractivity contribution in [2.75, 3.05) is 5.32 Å². The highest BCUT2D eigenvalue weighted by molar-refractivity contribution is 8.02. The molecular weight excluding hydrogens is 364 g/mol. The Bertz CT molecular complexity index is 707. The molecule has 0 unspecified atom stereocenters. The first-order chi connectivity index (χ1) is 12.6. The normalized spacial score (nSPS) is 21.2. The van der Waals surface area contributed by atoms with Crippen LogP contribution in [0.15, 0.2) is 34.7 Å². The highest BCUT2D eigenvalue weighted by Crippen LogP contribution is 2.30. The summed E-state index contributed by atoms with van der Waals surface area (Å²) in [5.74, 6) is 0.669. The van der Waals surface area contributed by atoms with Crippen LogP contribution in [0.4, 0.5) is 5.13 Å². The lowest BCUT2D eigenvalue weighted by atomic mass is 9.86. The number of benzene rings is 1. The van der Waals surface area contributed by atoms with Gasteiger partial charge in [-0.25, -0.2) is 0 Å². The summed E-state index contributed by atoms with van der Waals surface area (Å²) >= 11 is 2.97. The molecule has 3 rings (SSSR count). The van der Waals surface area contributed by atoms with Crippen molar-refractivity contribution >= 4 is 34.1 Å². The molecule has 7 heteroatoms. The van der Waals surface area contributed by atoms with Crippen LogP contribution in [0, 0.1) is 5.92 Å². The second kappa shape index (κ2) is 9.37. The number of thioether (sulfide) groups is 1. The van der Waals surface area contributed by atoms with Gasteiger partial charge in [-0.15, -0.1) is 10.2 Å². The average Bonchev–Trinajstić information content (AvgIpc) is 3.10. The Morgan fingerprint density at radius 3 is 2.81 bits per heavy atom. The summed E-state index contributed by atoms with van der Waals surface area (Å²) in [7, 11) is 0. The highest BCUT2D eigenvalue weighted by Gasteiger charge is 2.25. The minimum Gasteiger partial charge on any atom is -0.356 e. The fourth-order valence-electron chi connectivity index (χ4n) is 3.14. The quantitative estimate of drug-likeness (QED) is 0.689. The van der Waals surface area contributed by atoms with Gasteiger partial charge in [-0.05, 0) is 31.2 Å². The topological polar surface area (TPSA) is 66.9 Å². The standard InChI is InChI=1S/C19H26N4OS2/c1-13-8-6-7-11-16(13)21-17(24)14(2)25-19-23-22-18(26-19)20-12-15-9-4-3-5-10-15/h3-5,9-10,13-14,16H,6-8,11-12H2,1-2H3,(H,20,22)(H,21,24)/t13-,14+,16-/m0/s1. The van der Waals surface area contributed by atoms with Crippen molar-refractivity contribution in [1.82, 2.24) is 15.5 Å². The zero-order chi connectivity index (χ0) is 18.4. The largest absolute Gasteiger partial charge is 0.356 e. The van der Waals surface area contributed by atoms with Crippen molar-refractivity contribution < 1.29 is 4.79 Å². The third-order valence-corrected chi connectivity index (χ3v) is 6.84. The van der Waals surface area contributed by atoms with Gasteiger partial charge in [0.25, 0.3) is 0 Å². The summed E-state index contributed by atoms with van der Waals surface area (Å²) in [5.41, 5.74) is 1.20. The molecular formula is C19H26N4OS2. The third-order valence-electron chi connectivity index (χ3n) is 4.78. The van der Waals surface area contributed by atoms with Gasteiger partial charge < -0.3 is 10.6 Å². The number of carbonyl (C=O) groups excluding carboxylic acids is 1. The first-order valence-electron chi connectivity index (χ1n) is 9.20. The van der Waals surface area contributed by atoms with Crippen LogP contribution in [0.1, 0.15) is 45.1 Å². The number of nitrogens with zero attached hydrogens (tertiary/aromatic N) is 2. The average molecular weight is 391 g/mol. The predicted octanol–water partition coefficient (Wildman–Crippen LogP) is 4.33. The van der Waals surface area contributed by atoms with Gasteiger partial charge in [0, 0.05) is 12.6 Å². The molecule has 2 aromatic rings. The maximum atomic E-state index is 12.5. The first kappa shape index (κ1) is 19.2. The number of aromatic nitrogens is 2. The lowest BCUT2D eigenvalue weighted by Crippen LogP contribution is -2.44. The Morgan fingerprint density at radius 2 is 2.04 bits per heavy atom. The molecule has 5 nitrogen and oxygen atoms in total. The molecule has 1 aliphatic carbocycles. The molecule has 1 heterocycles. The SMILES string of the molecule is C[C@@H](Sc1nnc(NCc2ccccc2)s1)C(=O)N[C@H]1CCCC[C@@H]1C. The van der Waals surface area contributed by atoms with Crippen LogP contribution < -0.4 is 10.6 Å². The van der Waals surface area contributed by atoms with E-state index in [2.05, 4.69) is 39.9 Å². The molecule has 1 amide bonds. The van der Waals surface area contributed by atoms with E-state index in [0.29, 0.717) is 12.0 Å². The van der Waals surface area contributed by atoms with E-state index in [1.807, 2.05) is 25.1 Å². The van der Waals surface area contributed by atoms with Crippen LogP contribution in [0.5, 0.6) is 0 Å². The number of hydrogen-bond donors (Lipinski definition) is 2. The molecule has 0 saturated heterocycles. The van der Waals surface area contributed by atoms with Crippen LogP contribution in [0.3, 0.4) is 0 Å². The number of rotatable bonds is 7. The monoisotopic (exact) mass is 390 g/mol. The Balaban J connectivity index is 1.47. The van der Waals surface area contributed by atoms with E-state index in [1.54, 1.807) is 0 Å². The number of carbonyl (C=O) groups is 1. The molecule has 1 aromatic heterocycles. The molecule has 1 fully saturated rings. The molecule has 2 N–H and O–H groups in total. The Labute approximate surface area is 163 Å². The van der Waals surface area contributed by atoms with Crippen molar-refractivity contribution in [1.29, 1.82) is 0 Å². The first-order valence-corrected chi connectivity index (χ1v) is 10.9. The predicted molar refractivity (Wildman–Crippen MR) is 109 cm³/mol. The van der Waals surface area contributed by atoms with Crippen molar-refractivity contribution in [2.24, 2.45) is 5.92 Å². The lowest BCUT2D eigenvalue weighted by Gasteiger charge is -2.30. The second-order valence-corrected chi connectivity index (χ2v) is 9.41. The summed E-state index contributed by atoms with van der Waals surface area (Å²) in [6.45, 7) is 4.89. The van der Waals surface area contributed by atoms with E-state index in [9.17, 15) is 4.79 Å². The number of hydrogen-bond acceptors (Lipinski definition) is 6. The molecule has 1 aromatic carbocycles. The van der Waals surface area contributed by atoms with Gasteiger partial charge in [0.15, 0.2) is 4.34 Å². The van der Waals surface area contributed by atoms with Crippen molar-refractivity contribution in [3.05, 3.63) is 35.9 Å². The van der Waals surface area contributed by atoms with Gasteiger partial charge in [0.1, 0.15) is 0 Å². The molecule has 0 bridgehead atoms. The smallest absolute Gasteiger partial charge is 0.233 e. The van der Waals surface area contributed by atoms with Crippen molar-refractivity contribution in [3.63, 3.8) is 0 Å². The van der Waals surface area contributed by atoms with E-state index in [0.717, 1.165) is 22.4 Å². The summed E-state index contributed by atoms with van der Waals surface area (Å²) in [4.78, 5) is 12.5. The van der Waals surface area contributed by atoms with Gasteiger partial charge in [-0.1, -0.05) is 73.2 Å². The van der Waals surface area contributed by atoms with Crippen molar-refractivity contribution in [2.45, 2.75) is 61.7 Å². The van der Waals surface area contributed by atoms with E-state index in [4.69, 9.17) is 0 Å². The number of nitrogens with one attached hydrogen (secondary N) is 2. The fourth-order valence-corrected chi connectivity index (χ4v) is 5.04. The maximum absolute atomic E-state index is 12.5. The number of amides is 1. The fraction of sp³-hybridized carbons (Fsp3) is 0.526. The van der Waals surface area contributed by atoms with Crippen LogP contribution >= 0.6 is 23.1 Å². The van der Waals surface area contributed by atoms with Crippen LogP contribution in [0.2, 0.25) is 0 Å². The molecule has 0 radical (unpaired) electrons. The third kappa shape index (κ3) is 5.45. The van der Waals surface area contributed by atoms with E-state index < -0.39 is 0 Å².